The molecule has 0 aromatic heterocycles. The SMILES string of the molecule is CC.CCC(Oc1ccc(F)c(C(F)(F)F)c1)C(=O)O. The molecule has 0 aliphatic rings. The Bertz CT molecular complexity index is 444. The minimum atomic E-state index is -4.85. The summed E-state index contributed by atoms with van der Waals surface area (Å²) in [6, 6.07) is 1.99. The molecule has 0 aliphatic carbocycles. The molecule has 0 aliphatic heterocycles. The number of halogens is 4. The molecule has 0 radical (unpaired) electrons. The van der Waals surface area contributed by atoms with E-state index in [1.54, 1.807) is 0 Å². The van der Waals surface area contributed by atoms with Gasteiger partial charge in [-0.05, 0) is 24.6 Å². The number of carboxylic acids is 1. The smallest absolute Gasteiger partial charge is 0.419 e. The van der Waals surface area contributed by atoms with Crippen molar-refractivity contribution >= 4 is 5.97 Å². The molecule has 0 saturated heterocycles. The van der Waals surface area contributed by atoms with E-state index in [0.717, 1.165) is 6.07 Å². The average Bonchev–Trinajstić information content (AvgIpc) is 2.38. The predicted molar refractivity (Wildman–Crippen MR) is 65.1 cm³/mol. The van der Waals surface area contributed by atoms with E-state index in [-0.39, 0.29) is 12.2 Å². The molecule has 0 spiro atoms. The first-order chi connectivity index (χ1) is 9.25. The number of rotatable bonds is 4. The molecule has 1 aromatic rings. The van der Waals surface area contributed by atoms with Crippen molar-refractivity contribution in [2.75, 3.05) is 0 Å². The molecular weight excluding hydrogens is 280 g/mol. The van der Waals surface area contributed by atoms with E-state index in [1.807, 2.05) is 13.8 Å². The molecule has 0 amide bonds. The predicted octanol–water partition coefficient (Wildman–Crippen LogP) is 4.11. The van der Waals surface area contributed by atoms with Gasteiger partial charge in [-0.3, -0.25) is 0 Å². The number of carbonyl (C=O) groups is 1. The normalized spacial score (nSPS) is 12.2. The Kier molecular flexibility index (Phi) is 7.02. The lowest BCUT2D eigenvalue weighted by molar-refractivity contribution is -0.145. The average molecular weight is 296 g/mol. The second-order valence-corrected chi connectivity index (χ2v) is 3.49. The van der Waals surface area contributed by atoms with Crippen molar-refractivity contribution in [3.63, 3.8) is 0 Å². The summed E-state index contributed by atoms with van der Waals surface area (Å²) in [6.45, 7) is 5.51. The van der Waals surface area contributed by atoms with Gasteiger partial charge in [0, 0.05) is 0 Å². The van der Waals surface area contributed by atoms with Gasteiger partial charge in [0.1, 0.15) is 11.6 Å². The molecule has 7 heteroatoms. The monoisotopic (exact) mass is 296 g/mol. The Morgan fingerprint density at radius 3 is 2.30 bits per heavy atom. The van der Waals surface area contributed by atoms with Crippen LogP contribution in [0, 0.1) is 5.82 Å². The van der Waals surface area contributed by atoms with Crippen LogP contribution in [0.1, 0.15) is 32.8 Å². The van der Waals surface area contributed by atoms with Crippen molar-refractivity contribution in [3.05, 3.63) is 29.6 Å². The van der Waals surface area contributed by atoms with Gasteiger partial charge in [-0.15, -0.1) is 0 Å². The number of hydrogen-bond acceptors (Lipinski definition) is 2. The minimum absolute atomic E-state index is 0.0774. The Labute approximate surface area is 114 Å². The van der Waals surface area contributed by atoms with Crippen LogP contribution >= 0.6 is 0 Å². The molecule has 1 rings (SSSR count). The molecule has 20 heavy (non-hydrogen) atoms. The second kappa shape index (κ2) is 7.72. The molecule has 1 aromatic carbocycles. The fourth-order valence-corrected chi connectivity index (χ4v) is 1.27. The van der Waals surface area contributed by atoms with Gasteiger partial charge >= 0.3 is 12.1 Å². The van der Waals surface area contributed by atoms with Crippen LogP contribution in [0.25, 0.3) is 0 Å². The van der Waals surface area contributed by atoms with Gasteiger partial charge in [0.15, 0.2) is 6.10 Å². The third-order valence-electron chi connectivity index (χ3n) is 2.17. The van der Waals surface area contributed by atoms with Crippen molar-refractivity contribution in [1.82, 2.24) is 0 Å². The summed E-state index contributed by atoms with van der Waals surface area (Å²) in [6.07, 6.45) is -6.04. The standard InChI is InChI=1S/C11H10F4O3.C2H6/c1-2-9(10(16)17)18-6-3-4-8(12)7(5-6)11(13,14)15;1-2/h3-5,9H,2H2,1H3,(H,16,17);1-2H3. The Morgan fingerprint density at radius 1 is 1.35 bits per heavy atom. The van der Waals surface area contributed by atoms with E-state index in [9.17, 15) is 22.4 Å². The summed E-state index contributed by atoms with van der Waals surface area (Å²) in [5.74, 6) is -3.06. The highest BCUT2D eigenvalue weighted by atomic mass is 19.4. The summed E-state index contributed by atoms with van der Waals surface area (Å²) >= 11 is 0. The largest absolute Gasteiger partial charge is 0.479 e. The topological polar surface area (TPSA) is 46.5 Å². The van der Waals surface area contributed by atoms with Gasteiger partial charge in [-0.1, -0.05) is 20.8 Å². The van der Waals surface area contributed by atoms with Gasteiger partial charge < -0.3 is 9.84 Å². The van der Waals surface area contributed by atoms with Gasteiger partial charge in [-0.25, -0.2) is 9.18 Å². The van der Waals surface area contributed by atoms with E-state index in [0.29, 0.717) is 12.1 Å². The van der Waals surface area contributed by atoms with Crippen molar-refractivity contribution in [1.29, 1.82) is 0 Å². The number of alkyl halides is 3. The van der Waals surface area contributed by atoms with Gasteiger partial charge in [0.2, 0.25) is 0 Å². The molecule has 0 bridgehead atoms. The summed E-state index contributed by atoms with van der Waals surface area (Å²) in [7, 11) is 0. The van der Waals surface area contributed by atoms with Crippen LogP contribution in [0.5, 0.6) is 5.75 Å². The minimum Gasteiger partial charge on any atom is -0.479 e. The highest BCUT2D eigenvalue weighted by molar-refractivity contribution is 5.72. The summed E-state index contributed by atoms with van der Waals surface area (Å²) in [5.41, 5.74) is -1.49. The third kappa shape index (κ3) is 5.07. The maximum Gasteiger partial charge on any atom is 0.419 e. The molecular formula is C13H16F4O3. The fraction of sp³-hybridized carbons (Fsp3) is 0.462. The molecule has 1 atom stereocenters. The zero-order valence-corrected chi connectivity index (χ0v) is 11.3. The highest BCUT2D eigenvalue weighted by Crippen LogP contribution is 2.33. The first-order valence-electron chi connectivity index (χ1n) is 6.02. The van der Waals surface area contributed by atoms with Crippen LogP contribution in [0.3, 0.4) is 0 Å². The first-order valence-corrected chi connectivity index (χ1v) is 6.02. The molecule has 1 unspecified atom stereocenters. The van der Waals surface area contributed by atoms with Crippen molar-refractivity contribution < 1.29 is 32.2 Å². The highest BCUT2D eigenvalue weighted by Gasteiger charge is 2.34. The lowest BCUT2D eigenvalue weighted by atomic mass is 10.2. The van der Waals surface area contributed by atoms with E-state index in [4.69, 9.17) is 9.84 Å². The van der Waals surface area contributed by atoms with Gasteiger partial charge in [-0.2, -0.15) is 13.2 Å². The van der Waals surface area contributed by atoms with Crippen molar-refractivity contribution in [3.8, 4) is 5.75 Å². The Morgan fingerprint density at radius 2 is 1.90 bits per heavy atom. The number of ether oxygens (including phenoxy) is 1. The number of hydrogen-bond donors (Lipinski definition) is 1. The van der Waals surface area contributed by atoms with Crippen LogP contribution < -0.4 is 4.74 Å². The van der Waals surface area contributed by atoms with Crippen molar-refractivity contribution in [2.24, 2.45) is 0 Å². The van der Waals surface area contributed by atoms with Gasteiger partial charge in [0.05, 0.1) is 5.56 Å². The van der Waals surface area contributed by atoms with Crippen LogP contribution in [0.2, 0.25) is 0 Å². The maximum absolute atomic E-state index is 13.0. The Balaban J connectivity index is 0.00000172. The molecule has 0 fully saturated rings. The van der Waals surface area contributed by atoms with E-state index in [1.165, 1.54) is 6.92 Å². The van der Waals surface area contributed by atoms with E-state index in [2.05, 4.69) is 0 Å². The lowest BCUT2D eigenvalue weighted by Gasteiger charge is -2.15. The first kappa shape index (κ1) is 18.2. The van der Waals surface area contributed by atoms with Crippen LogP contribution in [-0.2, 0) is 11.0 Å². The summed E-state index contributed by atoms with van der Waals surface area (Å²) < 4.78 is 55.0. The molecule has 3 nitrogen and oxygen atoms in total. The zero-order chi connectivity index (χ0) is 15.9. The van der Waals surface area contributed by atoms with Crippen molar-refractivity contribution in [2.45, 2.75) is 39.5 Å². The quantitative estimate of drug-likeness (QED) is 0.850. The van der Waals surface area contributed by atoms with Gasteiger partial charge in [0.25, 0.3) is 0 Å². The Hall–Kier alpha value is -1.79. The van der Waals surface area contributed by atoms with E-state index < -0.39 is 29.6 Å². The summed E-state index contributed by atoms with van der Waals surface area (Å²) in [4.78, 5) is 10.7. The number of aliphatic carboxylic acids is 1. The van der Waals surface area contributed by atoms with Crippen LogP contribution in [0.4, 0.5) is 17.6 Å². The van der Waals surface area contributed by atoms with Crippen LogP contribution in [-0.4, -0.2) is 17.2 Å². The lowest BCUT2D eigenvalue weighted by Crippen LogP contribution is -2.26. The second-order valence-electron chi connectivity index (χ2n) is 3.49. The zero-order valence-electron chi connectivity index (χ0n) is 11.3. The number of benzene rings is 1. The molecule has 1 N–H and O–H groups in total. The fourth-order valence-electron chi connectivity index (χ4n) is 1.27. The molecule has 0 saturated carbocycles. The number of carboxylic acid groups (broad SMARTS) is 1. The van der Waals surface area contributed by atoms with Crippen LogP contribution in [0.15, 0.2) is 18.2 Å². The molecule has 0 heterocycles. The summed E-state index contributed by atoms with van der Waals surface area (Å²) in [5, 5.41) is 8.70. The molecule has 114 valence electrons. The van der Waals surface area contributed by atoms with E-state index >= 15 is 0 Å². The third-order valence-corrected chi connectivity index (χ3v) is 2.17. The maximum atomic E-state index is 13.0.